The van der Waals surface area contributed by atoms with Gasteiger partial charge in [-0.15, -0.1) is 0 Å². The van der Waals surface area contributed by atoms with Crippen LogP contribution in [-0.2, 0) is 16.1 Å². The minimum absolute atomic E-state index is 0.120. The van der Waals surface area contributed by atoms with Crippen LogP contribution >= 0.6 is 0 Å². The van der Waals surface area contributed by atoms with Crippen molar-refractivity contribution in [2.75, 3.05) is 32.8 Å². The van der Waals surface area contributed by atoms with E-state index in [1.54, 1.807) is 55.7 Å². The van der Waals surface area contributed by atoms with E-state index in [0.29, 0.717) is 72.6 Å². The molecule has 238 valence electrons. The van der Waals surface area contributed by atoms with Crippen LogP contribution in [0.4, 0.5) is 4.39 Å². The predicted molar refractivity (Wildman–Crippen MR) is 171 cm³/mol. The SMILES string of the molecule is CCCOc1ccc(C(=O)N[C@@H]2CCN(CC(=O)OCC)C2)cc1-c1nc2cc3ncn(Cc4ccc(F)cc4)c3cc2c(=O)[nH]1. The molecule has 1 fully saturated rings. The number of carbonyl (C=O) groups excluding carboxylic acids is 2. The zero-order chi connectivity index (χ0) is 32.2. The van der Waals surface area contributed by atoms with Crippen LogP contribution in [-0.4, -0.2) is 75.2 Å². The van der Waals surface area contributed by atoms with E-state index >= 15 is 0 Å². The molecule has 0 bridgehead atoms. The van der Waals surface area contributed by atoms with Crippen LogP contribution in [0.3, 0.4) is 0 Å². The summed E-state index contributed by atoms with van der Waals surface area (Å²) < 4.78 is 26.3. The second kappa shape index (κ2) is 13.5. The number of amides is 1. The van der Waals surface area contributed by atoms with E-state index in [4.69, 9.17) is 14.5 Å². The molecule has 0 unspecified atom stereocenters. The fourth-order valence-electron chi connectivity index (χ4n) is 5.68. The zero-order valence-electron chi connectivity index (χ0n) is 25.7. The summed E-state index contributed by atoms with van der Waals surface area (Å²) >= 11 is 0. The van der Waals surface area contributed by atoms with Gasteiger partial charge in [-0.3, -0.25) is 19.3 Å². The number of esters is 1. The monoisotopic (exact) mass is 626 g/mol. The molecule has 3 aromatic carbocycles. The van der Waals surface area contributed by atoms with Crippen LogP contribution < -0.4 is 15.6 Å². The summed E-state index contributed by atoms with van der Waals surface area (Å²) in [5.41, 5.74) is 3.27. The van der Waals surface area contributed by atoms with Crippen molar-refractivity contribution in [2.45, 2.75) is 39.3 Å². The number of ether oxygens (including phenoxy) is 2. The third kappa shape index (κ3) is 6.76. The van der Waals surface area contributed by atoms with Gasteiger partial charge in [0.25, 0.3) is 11.5 Å². The number of imidazole rings is 1. The molecule has 1 aliphatic rings. The van der Waals surface area contributed by atoms with Crippen molar-refractivity contribution in [1.29, 1.82) is 0 Å². The van der Waals surface area contributed by atoms with Crippen molar-refractivity contribution < 1.29 is 23.5 Å². The Balaban J connectivity index is 1.28. The number of benzene rings is 3. The number of halogens is 1. The van der Waals surface area contributed by atoms with Crippen molar-refractivity contribution >= 4 is 33.8 Å². The lowest BCUT2D eigenvalue weighted by molar-refractivity contribution is -0.144. The molecule has 6 rings (SSSR count). The average molecular weight is 627 g/mol. The number of H-pyrrole nitrogens is 1. The van der Waals surface area contributed by atoms with E-state index < -0.39 is 0 Å². The molecule has 1 aliphatic heterocycles. The number of nitrogens with one attached hydrogen (secondary N) is 2. The Bertz CT molecular complexity index is 1950. The van der Waals surface area contributed by atoms with Crippen LogP contribution in [0.2, 0.25) is 0 Å². The van der Waals surface area contributed by atoms with Crippen LogP contribution in [0.15, 0.2) is 65.7 Å². The maximum Gasteiger partial charge on any atom is 0.320 e. The topological polar surface area (TPSA) is 131 Å². The first-order chi connectivity index (χ1) is 22.3. The van der Waals surface area contributed by atoms with Gasteiger partial charge in [0.2, 0.25) is 0 Å². The maximum atomic E-state index is 13.4. The highest BCUT2D eigenvalue weighted by molar-refractivity contribution is 5.97. The van der Waals surface area contributed by atoms with E-state index in [-0.39, 0.29) is 41.7 Å². The number of rotatable bonds is 11. The number of nitrogens with zero attached hydrogens (tertiary/aromatic N) is 4. The van der Waals surface area contributed by atoms with Crippen LogP contribution in [0, 0.1) is 5.82 Å². The first-order valence-corrected chi connectivity index (χ1v) is 15.4. The van der Waals surface area contributed by atoms with Gasteiger partial charge in [-0.05, 0) is 67.8 Å². The van der Waals surface area contributed by atoms with Crippen molar-refractivity contribution in [1.82, 2.24) is 29.7 Å². The molecule has 11 nitrogen and oxygen atoms in total. The minimum atomic E-state index is -0.347. The van der Waals surface area contributed by atoms with Crippen molar-refractivity contribution in [3.8, 4) is 17.1 Å². The number of carbonyl (C=O) groups is 2. The van der Waals surface area contributed by atoms with Gasteiger partial charge in [0, 0.05) is 31.2 Å². The Labute approximate surface area is 264 Å². The molecule has 5 aromatic rings. The van der Waals surface area contributed by atoms with Crippen LogP contribution in [0.5, 0.6) is 5.75 Å². The largest absolute Gasteiger partial charge is 0.493 e. The van der Waals surface area contributed by atoms with Gasteiger partial charge in [0.15, 0.2) is 0 Å². The normalized spacial score (nSPS) is 15.0. The molecule has 1 amide bonds. The Morgan fingerprint density at radius 1 is 1.09 bits per heavy atom. The highest BCUT2D eigenvalue weighted by Gasteiger charge is 2.26. The molecule has 0 saturated carbocycles. The summed E-state index contributed by atoms with van der Waals surface area (Å²) in [4.78, 5) is 52.8. The number of hydrogen-bond donors (Lipinski definition) is 2. The minimum Gasteiger partial charge on any atom is -0.493 e. The molecule has 2 aromatic heterocycles. The van der Waals surface area contributed by atoms with Crippen LogP contribution in [0.1, 0.15) is 42.6 Å². The van der Waals surface area contributed by atoms with E-state index in [1.807, 2.05) is 16.4 Å². The summed E-state index contributed by atoms with van der Waals surface area (Å²) in [5.74, 6) is -0.0986. The Morgan fingerprint density at radius 3 is 2.70 bits per heavy atom. The Morgan fingerprint density at radius 2 is 1.91 bits per heavy atom. The van der Waals surface area contributed by atoms with Gasteiger partial charge in [-0.1, -0.05) is 19.1 Å². The third-order valence-corrected chi connectivity index (χ3v) is 7.94. The van der Waals surface area contributed by atoms with E-state index in [2.05, 4.69) is 15.3 Å². The molecule has 3 heterocycles. The first-order valence-electron chi connectivity index (χ1n) is 15.4. The molecule has 1 atom stereocenters. The van der Waals surface area contributed by atoms with Crippen molar-refractivity contribution in [3.63, 3.8) is 0 Å². The zero-order valence-corrected chi connectivity index (χ0v) is 25.7. The van der Waals surface area contributed by atoms with Crippen molar-refractivity contribution in [2.24, 2.45) is 0 Å². The third-order valence-electron chi connectivity index (χ3n) is 7.94. The lowest BCUT2D eigenvalue weighted by Crippen LogP contribution is -2.38. The Hall–Kier alpha value is -5.10. The molecule has 2 N–H and O–H groups in total. The van der Waals surface area contributed by atoms with Gasteiger partial charge in [0.05, 0.1) is 53.6 Å². The first kappa shape index (κ1) is 30.9. The molecular weight excluding hydrogens is 591 g/mol. The molecule has 46 heavy (non-hydrogen) atoms. The highest BCUT2D eigenvalue weighted by atomic mass is 19.1. The quantitative estimate of drug-likeness (QED) is 0.208. The predicted octanol–water partition coefficient (Wildman–Crippen LogP) is 4.28. The summed E-state index contributed by atoms with van der Waals surface area (Å²) in [6, 6.07) is 14.7. The fraction of sp³-hybridized carbons (Fsp3) is 0.324. The van der Waals surface area contributed by atoms with Gasteiger partial charge >= 0.3 is 5.97 Å². The molecule has 0 aliphatic carbocycles. The Kier molecular flexibility index (Phi) is 9.06. The summed E-state index contributed by atoms with van der Waals surface area (Å²) in [6.07, 6.45) is 3.16. The van der Waals surface area contributed by atoms with Gasteiger partial charge in [0.1, 0.15) is 17.4 Å². The molecule has 0 spiro atoms. The fourth-order valence-corrected chi connectivity index (χ4v) is 5.68. The average Bonchev–Trinajstić information content (AvgIpc) is 3.65. The smallest absolute Gasteiger partial charge is 0.320 e. The van der Waals surface area contributed by atoms with Crippen LogP contribution in [0.25, 0.3) is 33.3 Å². The number of fused-ring (bicyclic) bond motifs is 2. The molecule has 1 saturated heterocycles. The summed E-state index contributed by atoms with van der Waals surface area (Å²) in [7, 11) is 0. The molecule has 12 heteroatoms. The lowest BCUT2D eigenvalue weighted by Gasteiger charge is -2.17. The second-order valence-electron chi connectivity index (χ2n) is 11.3. The van der Waals surface area contributed by atoms with Gasteiger partial charge in [-0.25, -0.2) is 14.4 Å². The van der Waals surface area contributed by atoms with E-state index in [1.165, 1.54) is 12.1 Å². The van der Waals surface area contributed by atoms with E-state index in [0.717, 1.165) is 17.5 Å². The van der Waals surface area contributed by atoms with E-state index in [9.17, 15) is 18.8 Å². The summed E-state index contributed by atoms with van der Waals surface area (Å²) in [6.45, 7) is 6.41. The summed E-state index contributed by atoms with van der Waals surface area (Å²) in [5, 5.41) is 3.45. The standard InChI is InChI=1S/C34H35FN6O5/c1-3-13-46-30-10-7-22(33(43)37-24-11-12-40(18-24)19-31(42)45-4-2)14-26(30)32-38-27-16-28-29(15-25(27)34(44)39-32)41(20-36-28)17-21-5-8-23(35)9-6-21/h5-10,14-16,20,24H,3-4,11-13,17-19H2,1-2H3,(H,37,43)(H,38,39,44)/t24-/m1/s1. The maximum absolute atomic E-state index is 13.4. The van der Waals surface area contributed by atoms with Gasteiger partial charge < -0.3 is 24.3 Å². The number of likely N-dealkylation sites (tertiary alicyclic amines) is 1. The number of aromatic amines is 1. The molecule has 0 radical (unpaired) electrons. The van der Waals surface area contributed by atoms with Gasteiger partial charge in [-0.2, -0.15) is 0 Å². The molecular formula is C34H35FN6O5. The highest BCUT2D eigenvalue weighted by Crippen LogP contribution is 2.30. The second-order valence-corrected chi connectivity index (χ2v) is 11.3. The number of hydrogen-bond acceptors (Lipinski definition) is 8. The number of aromatic nitrogens is 4. The lowest BCUT2D eigenvalue weighted by atomic mass is 10.1. The van der Waals surface area contributed by atoms with Crippen molar-refractivity contribution in [3.05, 3.63) is 88.2 Å².